The molecular formula is C21H21F3NO3S. The van der Waals surface area contributed by atoms with Gasteiger partial charge in [-0.15, -0.1) is 0 Å². The zero-order valence-corrected chi connectivity index (χ0v) is 16.7. The highest BCUT2D eigenvalue weighted by molar-refractivity contribution is 7.92. The Labute approximate surface area is 168 Å². The van der Waals surface area contributed by atoms with Crippen LogP contribution in [0.5, 0.6) is 0 Å². The summed E-state index contributed by atoms with van der Waals surface area (Å²) in [5, 5.41) is 0. The van der Waals surface area contributed by atoms with Crippen LogP contribution in [0.1, 0.15) is 61.4 Å². The fraction of sp³-hybridized carbons (Fsp3) is 0.476. The minimum absolute atomic E-state index is 0.120. The molecule has 1 aromatic carbocycles. The van der Waals surface area contributed by atoms with Crippen LogP contribution in [0.4, 0.5) is 13.2 Å². The highest BCUT2D eigenvalue weighted by Crippen LogP contribution is 2.43. The number of halogens is 3. The molecule has 2 aliphatic rings. The number of rotatable bonds is 4. The van der Waals surface area contributed by atoms with Crippen LogP contribution >= 0.6 is 0 Å². The van der Waals surface area contributed by atoms with Gasteiger partial charge in [-0.1, -0.05) is 12.1 Å². The second kappa shape index (κ2) is 7.09. The summed E-state index contributed by atoms with van der Waals surface area (Å²) in [6.45, 7) is 1.76. The maximum atomic E-state index is 13.3. The first-order valence-corrected chi connectivity index (χ1v) is 11.0. The standard InChI is InChI=1S/C21H21F3NO3S/c1-20(29(26,27)17-4-2-3-16(11-17)21(22,23)24)9-10-28-19(12-20)18-8-7-15(13-25-18)14-5-6-14/h2-4,7-8,11,14,19H,5-6,9-10,12H2,1H3. The third kappa shape index (κ3) is 3.92. The molecule has 1 aliphatic heterocycles. The summed E-state index contributed by atoms with van der Waals surface area (Å²) in [6, 6.07) is 7.70. The van der Waals surface area contributed by atoms with Crippen LogP contribution < -0.4 is 0 Å². The molecular weight excluding hydrogens is 403 g/mol. The van der Waals surface area contributed by atoms with Gasteiger partial charge in [-0.3, -0.25) is 0 Å². The molecule has 0 amide bonds. The first-order chi connectivity index (χ1) is 13.6. The van der Waals surface area contributed by atoms with Crippen LogP contribution in [-0.4, -0.2) is 24.8 Å². The molecule has 1 aromatic heterocycles. The first kappa shape index (κ1) is 20.3. The Morgan fingerprint density at radius 3 is 2.59 bits per heavy atom. The van der Waals surface area contributed by atoms with E-state index in [4.69, 9.17) is 4.74 Å². The second-order valence-electron chi connectivity index (χ2n) is 8.00. The average molecular weight is 424 g/mol. The molecule has 29 heavy (non-hydrogen) atoms. The van der Waals surface area contributed by atoms with E-state index in [9.17, 15) is 21.6 Å². The number of hydrogen-bond donors (Lipinski definition) is 0. The molecule has 1 saturated heterocycles. The van der Waals surface area contributed by atoms with E-state index in [0.717, 1.165) is 30.5 Å². The zero-order chi connectivity index (χ0) is 20.9. The van der Waals surface area contributed by atoms with E-state index in [2.05, 4.69) is 11.2 Å². The van der Waals surface area contributed by atoms with Crippen molar-refractivity contribution in [3.63, 3.8) is 0 Å². The molecule has 8 heteroatoms. The summed E-state index contributed by atoms with van der Waals surface area (Å²) in [5.74, 6) is 0.510. The van der Waals surface area contributed by atoms with E-state index in [0.29, 0.717) is 17.7 Å². The van der Waals surface area contributed by atoms with E-state index in [1.807, 2.05) is 12.1 Å². The highest BCUT2D eigenvalue weighted by atomic mass is 32.2. The van der Waals surface area contributed by atoms with Crippen molar-refractivity contribution >= 4 is 9.84 Å². The number of ether oxygens (including phenoxy) is 1. The summed E-state index contributed by atoms with van der Waals surface area (Å²) >= 11 is 0. The molecule has 4 nitrogen and oxygen atoms in total. The Morgan fingerprint density at radius 1 is 1.21 bits per heavy atom. The van der Waals surface area contributed by atoms with Crippen molar-refractivity contribution in [2.24, 2.45) is 0 Å². The van der Waals surface area contributed by atoms with Gasteiger partial charge >= 0.3 is 6.18 Å². The van der Waals surface area contributed by atoms with Crippen LogP contribution in [0, 0.1) is 6.20 Å². The van der Waals surface area contributed by atoms with Gasteiger partial charge in [0, 0.05) is 6.61 Å². The molecule has 1 aliphatic carbocycles. The number of nitrogens with zero attached hydrogens (tertiary/aromatic N) is 1. The molecule has 2 aromatic rings. The molecule has 2 unspecified atom stereocenters. The maximum absolute atomic E-state index is 13.3. The summed E-state index contributed by atoms with van der Waals surface area (Å²) in [5.41, 5.74) is 0.668. The van der Waals surface area contributed by atoms with Gasteiger partial charge in [0.05, 0.1) is 27.1 Å². The topological polar surface area (TPSA) is 56.3 Å². The molecule has 1 saturated carbocycles. The number of hydrogen-bond acceptors (Lipinski definition) is 4. The molecule has 155 valence electrons. The largest absolute Gasteiger partial charge is 0.416 e. The van der Waals surface area contributed by atoms with Crippen molar-refractivity contribution in [3.05, 3.63) is 59.4 Å². The molecule has 0 N–H and O–H groups in total. The summed E-state index contributed by atoms with van der Waals surface area (Å²) < 4.78 is 70.2. The van der Waals surface area contributed by atoms with Crippen LogP contribution in [0.25, 0.3) is 0 Å². The Balaban J connectivity index is 1.61. The Kier molecular flexibility index (Phi) is 4.98. The quantitative estimate of drug-likeness (QED) is 0.703. The SMILES string of the molecule is CC1(S(=O)(=O)c2cccc(C(F)(F)F)c2)CCOC(c2ccc(C3CC3)[c]n2)C1. The van der Waals surface area contributed by atoms with E-state index >= 15 is 0 Å². The number of alkyl halides is 3. The molecule has 0 spiro atoms. The lowest BCUT2D eigenvalue weighted by molar-refractivity contribution is -0.137. The molecule has 2 fully saturated rings. The van der Waals surface area contributed by atoms with E-state index < -0.39 is 32.4 Å². The second-order valence-corrected chi connectivity index (χ2v) is 10.5. The molecule has 2 heterocycles. The minimum Gasteiger partial charge on any atom is -0.372 e. The van der Waals surface area contributed by atoms with Gasteiger partial charge in [0.15, 0.2) is 9.84 Å². The zero-order valence-electron chi connectivity index (χ0n) is 15.9. The van der Waals surface area contributed by atoms with Crippen molar-refractivity contribution in [3.8, 4) is 0 Å². The van der Waals surface area contributed by atoms with E-state index in [1.165, 1.54) is 6.07 Å². The lowest BCUT2D eigenvalue weighted by atomic mass is 9.94. The Hall–Kier alpha value is -1.93. The summed E-state index contributed by atoms with van der Waals surface area (Å²) in [4.78, 5) is 4.02. The minimum atomic E-state index is -4.60. The van der Waals surface area contributed by atoms with E-state index in [-0.39, 0.29) is 24.3 Å². The fourth-order valence-corrected chi connectivity index (χ4v) is 5.54. The van der Waals surface area contributed by atoms with Crippen LogP contribution in [0.3, 0.4) is 0 Å². The van der Waals surface area contributed by atoms with Crippen LogP contribution in [-0.2, 0) is 20.8 Å². The molecule has 0 bridgehead atoms. The summed E-state index contributed by atoms with van der Waals surface area (Å²) in [7, 11) is -4.01. The van der Waals surface area contributed by atoms with Crippen molar-refractivity contribution < 1.29 is 26.3 Å². The number of aromatic nitrogens is 1. The normalized spacial score (nSPS) is 25.7. The predicted octanol–water partition coefficient (Wildman–Crippen LogP) is 4.86. The van der Waals surface area contributed by atoms with Crippen molar-refractivity contribution in [2.75, 3.05) is 6.61 Å². The first-order valence-electron chi connectivity index (χ1n) is 9.52. The van der Waals surface area contributed by atoms with E-state index in [1.54, 1.807) is 6.92 Å². The van der Waals surface area contributed by atoms with Gasteiger partial charge in [0.2, 0.25) is 0 Å². The lowest BCUT2D eigenvalue weighted by Crippen LogP contribution is -2.42. The van der Waals surface area contributed by atoms with Gasteiger partial charge in [-0.05, 0) is 68.4 Å². The van der Waals surface area contributed by atoms with Gasteiger partial charge in [0.25, 0.3) is 0 Å². The van der Waals surface area contributed by atoms with Crippen molar-refractivity contribution in [1.29, 1.82) is 0 Å². The van der Waals surface area contributed by atoms with Gasteiger partial charge in [-0.2, -0.15) is 13.2 Å². The number of sulfone groups is 1. The highest BCUT2D eigenvalue weighted by Gasteiger charge is 2.46. The average Bonchev–Trinajstić information content (AvgIpc) is 3.53. The molecule has 4 rings (SSSR count). The maximum Gasteiger partial charge on any atom is 0.416 e. The monoisotopic (exact) mass is 424 g/mol. The fourth-order valence-electron chi connectivity index (χ4n) is 3.71. The van der Waals surface area contributed by atoms with Crippen LogP contribution in [0.15, 0.2) is 41.3 Å². The molecule has 1 radical (unpaired) electrons. The van der Waals surface area contributed by atoms with Crippen molar-refractivity contribution in [2.45, 2.75) is 60.4 Å². The Bertz CT molecular complexity index is 1000. The molecule has 2 atom stereocenters. The lowest BCUT2D eigenvalue weighted by Gasteiger charge is -2.37. The number of benzene rings is 1. The smallest absolute Gasteiger partial charge is 0.372 e. The summed E-state index contributed by atoms with van der Waals surface area (Å²) in [6.07, 6.45) is 0.447. The van der Waals surface area contributed by atoms with Gasteiger partial charge in [0.1, 0.15) is 6.10 Å². The van der Waals surface area contributed by atoms with Crippen molar-refractivity contribution in [1.82, 2.24) is 4.98 Å². The predicted molar refractivity (Wildman–Crippen MR) is 100 cm³/mol. The number of pyridine rings is 1. The van der Waals surface area contributed by atoms with Gasteiger partial charge < -0.3 is 4.74 Å². The third-order valence-electron chi connectivity index (χ3n) is 5.78. The van der Waals surface area contributed by atoms with Gasteiger partial charge in [-0.25, -0.2) is 13.4 Å². The third-order valence-corrected chi connectivity index (χ3v) is 8.33. The van der Waals surface area contributed by atoms with Crippen LogP contribution in [0.2, 0.25) is 0 Å². The Morgan fingerprint density at radius 2 is 1.97 bits per heavy atom.